The van der Waals surface area contributed by atoms with Crippen LogP contribution in [0.1, 0.15) is 53.2 Å². The number of benzene rings is 1. The Morgan fingerprint density at radius 1 is 1.19 bits per heavy atom. The number of esters is 1. The Morgan fingerprint density at radius 3 is 2.46 bits per heavy atom. The number of fused-ring (bicyclic) bond motifs is 1. The molecule has 1 aliphatic heterocycles. The van der Waals surface area contributed by atoms with Crippen LogP contribution in [0.3, 0.4) is 0 Å². The lowest BCUT2D eigenvalue weighted by atomic mass is 10.1. The average molecular weight is 357 g/mol. The van der Waals surface area contributed by atoms with Crippen molar-refractivity contribution in [1.29, 1.82) is 0 Å². The van der Waals surface area contributed by atoms with E-state index in [0.717, 1.165) is 17.7 Å². The van der Waals surface area contributed by atoms with Gasteiger partial charge in [0.1, 0.15) is 6.04 Å². The molecule has 0 fully saturated rings. The number of carbonyl (C=O) groups is 3. The molecule has 0 spiro atoms. The number of hydrogen-bond acceptors (Lipinski definition) is 7. The van der Waals surface area contributed by atoms with Crippen molar-refractivity contribution in [2.24, 2.45) is 0 Å². The highest BCUT2D eigenvalue weighted by molar-refractivity contribution is 6.22. The summed E-state index contributed by atoms with van der Waals surface area (Å²) >= 11 is 0. The molecule has 3 rings (SSSR count). The van der Waals surface area contributed by atoms with Crippen LogP contribution < -0.4 is 0 Å². The molecular formula is C17H19N5O4. The topological polar surface area (TPSA) is 107 Å². The van der Waals surface area contributed by atoms with Gasteiger partial charge >= 0.3 is 5.97 Å². The van der Waals surface area contributed by atoms with Crippen LogP contribution in [0.2, 0.25) is 0 Å². The number of hydrogen-bond donors (Lipinski definition) is 0. The zero-order valence-corrected chi connectivity index (χ0v) is 14.6. The Kier molecular flexibility index (Phi) is 5.06. The Hall–Kier alpha value is -3.10. The van der Waals surface area contributed by atoms with Crippen LogP contribution in [0.25, 0.3) is 0 Å². The lowest BCUT2D eigenvalue weighted by molar-refractivity contribution is -0.149. The molecule has 26 heavy (non-hydrogen) atoms. The molecular weight excluding hydrogens is 338 g/mol. The van der Waals surface area contributed by atoms with E-state index in [-0.39, 0.29) is 6.61 Å². The predicted molar refractivity (Wildman–Crippen MR) is 88.9 cm³/mol. The van der Waals surface area contributed by atoms with Crippen molar-refractivity contribution >= 4 is 17.8 Å². The van der Waals surface area contributed by atoms with Gasteiger partial charge in [0.2, 0.25) is 0 Å². The van der Waals surface area contributed by atoms with Gasteiger partial charge in [0.05, 0.1) is 11.1 Å². The number of ether oxygens (including phenoxy) is 1. The van der Waals surface area contributed by atoms with Crippen molar-refractivity contribution in [3.05, 3.63) is 41.2 Å². The normalized spacial score (nSPS) is 14.5. The van der Waals surface area contributed by atoms with Crippen molar-refractivity contribution in [2.75, 3.05) is 0 Å². The van der Waals surface area contributed by atoms with Gasteiger partial charge in [-0.25, -0.2) is 9.48 Å². The van der Waals surface area contributed by atoms with E-state index >= 15 is 0 Å². The fraction of sp³-hybridized carbons (Fsp3) is 0.412. The van der Waals surface area contributed by atoms with E-state index in [4.69, 9.17) is 4.74 Å². The van der Waals surface area contributed by atoms with Gasteiger partial charge in [-0.15, -0.1) is 5.10 Å². The van der Waals surface area contributed by atoms with E-state index < -0.39 is 23.8 Å². The lowest BCUT2D eigenvalue weighted by Gasteiger charge is -2.20. The van der Waals surface area contributed by atoms with Crippen molar-refractivity contribution in [3.8, 4) is 0 Å². The third-order valence-corrected chi connectivity index (χ3v) is 4.23. The first-order valence-corrected chi connectivity index (χ1v) is 8.43. The van der Waals surface area contributed by atoms with E-state index in [1.165, 1.54) is 6.92 Å². The van der Waals surface area contributed by atoms with E-state index in [1.807, 2.05) is 6.92 Å². The van der Waals surface area contributed by atoms with E-state index in [0.29, 0.717) is 23.5 Å². The van der Waals surface area contributed by atoms with E-state index in [1.54, 1.807) is 28.9 Å². The quantitative estimate of drug-likeness (QED) is 0.541. The second-order valence-electron chi connectivity index (χ2n) is 5.98. The number of nitrogens with zero attached hydrogens (tertiary/aromatic N) is 5. The van der Waals surface area contributed by atoms with Gasteiger partial charge in [0.25, 0.3) is 11.8 Å². The maximum atomic E-state index is 12.4. The van der Waals surface area contributed by atoms with Crippen molar-refractivity contribution in [2.45, 2.75) is 45.9 Å². The summed E-state index contributed by atoms with van der Waals surface area (Å²) in [6, 6.07) is 5.44. The summed E-state index contributed by atoms with van der Waals surface area (Å²) in [5.74, 6) is -1.27. The first kappa shape index (κ1) is 17.7. The molecule has 9 nitrogen and oxygen atoms in total. The van der Waals surface area contributed by atoms with Gasteiger partial charge in [-0.2, -0.15) is 0 Å². The fourth-order valence-electron chi connectivity index (χ4n) is 2.73. The summed E-state index contributed by atoms with van der Waals surface area (Å²) in [7, 11) is 0. The van der Waals surface area contributed by atoms with Crippen LogP contribution in [0, 0.1) is 0 Å². The summed E-state index contributed by atoms with van der Waals surface area (Å²) in [5.41, 5.74) is 0.585. The van der Waals surface area contributed by atoms with Crippen LogP contribution in [0.15, 0.2) is 24.3 Å². The summed E-state index contributed by atoms with van der Waals surface area (Å²) in [4.78, 5) is 38.1. The molecule has 0 aliphatic carbocycles. The number of tetrazole rings is 1. The molecule has 2 amide bonds. The molecule has 2 heterocycles. The minimum Gasteiger partial charge on any atom is -0.456 e. The number of aromatic nitrogens is 4. The van der Waals surface area contributed by atoms with Crippen LogP contribution in [0.5, 0.6) is 0 Å². The standard InChI is InChI=1S/C17H19N5O4/c1-3-4-9-21-14(18-19-20-21)10-26-17(25)11(2)22-15(23)12-7-5-6-8-13(12)16(22)24/h5-8,11H,3-4,9-10H2,1-2H3/t11-/m0/s1. The van der Waals surface area contributed by atoms with Crippen molar-refractivity contribution in [1.82, 2.24) is 25.1 Å². The first-order chi connectivity index (χ1) is 12.5. The number of unbranched alkanes of at least 4 members (excludes halogenated alkanes) is 1. The third kappa shape index (κ3) is 3.19. The zero-order chi connectivity index (χ0) is 18.7. The average Bonchev–Trinajstić information content (AvgIpc) is 3.20. The van der Waals surface area contributed by atoms with Crippen molar-refractivity contribution in [3.63, 3.8) is 0 Å². The van der Waals surface area contributed by atoms with Gasteiger partial charge in [-0.1, -0.05) is 25.5 Å². The van der Waals surface area contributed by atoms with Gasteiger partial charge in [-0.3, -0.25) is 14.5 Å². The highest BCUT2D eigenvalue weighted by atomic mass is 16.5. The summed E-state index contributed by atoms with van der Waals surface area (Å²) in [6.07, 6.45) is 1.88. The molecule has 0 saturated carbocycles. The molecule has 0 unspecified atom stereocenters. The first-order valence-electron chi connectivity index (χ1n) is 8.43. The van der Waals surface area contributed by atoms with E-state index in [9.17, 15) is 14.4 Å². The molecule has 0 N–H and O–H groups in total. The van der Waals surface area contributed by atoms with Crippen LogP contribution in [-0.4, -0.2) is 48.9 Å². The molecule has 2 aromatic rings. The highest BCUT2D eigenvalue weighted by Gasteiger charge is 2.41. The molecule has 0 radical (unpaired) electrons. The molecule has 9 heteroatoms. The number of amides is 2. The Morgan fingerprint density at radius 2 is 1.85 bits per heavy atom. The van der Waals surface area contributed by atoms with Gasteiger partial charge in [0, 0.05) is 6.54 Å². The molecule has 1 aromatic carbocycles. The number of imide groups is 1. The Balaban J connectivity index is 1.65. The Labute approximate surface area is 149 Å². The zero-order valence-electron chi connectivity index (χ0n) is 14.6. The minimum atomic E-state index is -1.04. The number of aryl methyl sites for hydroxylation is 1. The molecule has 1 aromatic heterocycles. The highest BCUT2D eigenvalue weighted by Crippen LogP contribution is 2.24. The lowest BCUT2D eigenvalue weighted by Crippen LogP contribution is -2.43. The fourth-order valence-corrected chi connectivity index (χ4v) is 2.73. The predicted octanol–water partition coefficient (Wildman–Crippen LogP) is 1.20. The largest absolute Gasteiger partial charge is 0.456 e. The molecule has 136 valence electrons. The second-order valence-corrected chi connectivity index (χ2v) is 5.98. The van der Waals surface area contributed by atoms with Gasteiger partial charge < -0.3 is 4.74 Å². The summed E-state index contributed by atoms with van der Waals surface area (Å²) in [5, 5.41) is 11.3. The minimum absolute atomic E-state index is 0.122. The van der Waals surface area contributed by atoms with Crippen LogP contribution in [0.4, 0.5) is 0 Å². The molecule has 0 bridgehead atoms. The molecule has 0 saturated heterocycles. The summed E-state index contributed by atoms with van der Waals surface area (Å²) < 4.78 is 6.80. The molecule has 1 atom stereocenters. The smallest absolute Gasteiger partial charge is 0.329 e. The van der Waals surface area contributed by atoms with Crippen LogP contribution >= 0.6 is 0 Å². The Bertz CT molecular complexity index is 812. The molecule has 1 aliphatic rings. The third-order valence-electron chi connectivity index (χ3n) is 4.23. The van der Waals surface area contributed by atoms with Crippen molar-refractivity contribution < 1.29 is 19.1 Å². The SMILES string of the molecule is CCCCn1nnnc1COC(=O)[C@H](C)N1C(=O)c2ccccc2C1=O. The monoisotopic (exact) mass is 357 g/mol. The number of carbonyl (C=O) groups excluding carboxylic acids is 3. The van der Waals surface area contributed by atoms with Gasteiger partial charge in [0.15, 0.2) is 12.4 Å². The maximum absolute atomic E-state index is 12.4. The number of rotatable bonds is 7. The van der Waals surface area contributed by atoms with Crippen LogP contribution in [-0.2, 0) is 22.7 Å². The van der Waals surface area contributed by atoms with Gasteiger partial charge in [-0.05, 0) is 35.9 Å². The van der Waals surface area contributed by atoms with E-state index in [2.05, 4.69) is 15.5 Å². The second kappa shape index (κ2) is 7.42. The summed E-state index contributed by atoms with van der Waals surface area (Å²) in [6.45, 7) is 4.02. The maximum Gasteiger partial charge on any atom is 0.329 e.